The summed E-state index contributed by atoms with van der Waals surface area (Å²) in [6, 6.07) is 16.9. The number of carbonyl (C=O) groups is 1. The Morgan fingerprint density at radius 2 is 2.00 bits per heavy atom. The molecule has 1 heterocycles. The highest BCUT2D eigenvalue weighted by atomic mass is 16.5. The first kappa shape index (κ1) is 17.3. The Morgan fingerprint density at radius 1 is 1.19 bits per heavy atom. The molecule has 0 aliphatic rings. The third-order valence-electron chi connectivity index (χ3n) is 3.61. The van der Waals surface area contributed by atoms with Crippen LogP contribution in [0, 0.1) is 0 Å². The third kappa shape index (κ3) is 4.29. The van der Waals surface area contributed by atoms with Gasteiger partial charge in [0, 0.05) is 11.1 Å². The number of nitrogens with one attached hydrogen (secondary N) is 1. The Balaban J connectivity index is 1.61. The van der Waals surface area contributed by atoms with Crippen molar-refractivity contribution in [3.63, 3.8) is 0 Å². The summed E-state index contributed by atoms with van der Waals surface area (Å²) < 4.78 is 5.18. The van der Waals surface area contributed by atoms with Crippen LogP contribution in [0.5, 0.6) is 5.75 Å². The van der Waals surface area contributed by atoms with Crippen LogP contribution in [0.1, 0.15) is 12.5 Å². The van der Waals surface area contributed by atoms with Crippen molar-refractivity contribution in [1.29, 1.82) is 0 Å². The normalized spacial score (nSPS) is 11.2. The second-order valence-corrected chi connectivity index (χ2v) is 5.47. The summed E-state index contributed by atoms with van der Waals surface area (Å²) >= 11 is 0. The van der Waals surface area contributed by atoms with Gasteiger partial charge in [-0.3, -0.25) is 4.79 Å². The molecule has 0 atom stereocenters. The fourth-order valence-corrected chi connectivity index (χ4v) is 2.24. The SMILES string of the molecule is COc1cccc(/C(C)=N\NC(=O)Cn2nnc(-c3ccccc3)n2)c1. The van der Waals surface area contributed by atoms with Gasteiger partial charge in [-0.1, -0.05) is 42.5 Å². The van der Waals surface area contributed by atoms with E-state index in [4.69, 9.17) is 4.74 Å². The van der Waals surface area contributed by atoms with Gasteiger partial charge in [-0.15, -0.1) is 10.2 Å². The minimum Gasteiger partial charge on any atom is -0.497 e. The number of rotatable bonds is 6. The average Bonchev–Trinajstić information content (AvgIpc) is 3.15. The van der Waals surface area contributed by atoms with Gasteiger partial charge in [-0.2, -0.15) is 9.90 Å². The van der Waals surface area contributed by atoms with Gasteiger partial charge in [0.1, 0.15) is 12.3 Å². The fourth-order valence-electron chi connectivity index (χ4n) is 2.24. The van der Waals surface area contributed by atoms with E-state index >= 15 is 0 Å². The Bertz CT molecular complexity index is 920. The molecule has 0 aliphatic carbocycles. The number of ether oxygens (including phenoxy) is 1. The van der Waals surface area contributed by atoms with Gasteiger partial charge in [-0.25, -0.2) is 5.43 Å². The van der Waals surface area contributed by atoms with Gasteiger partial charge in [0.25, 0.3) is 5.91 Å². The molecule has 0 saturated heterocycles. The lowest BCUT2D eigenvalue weighted by Gasteiger charge is -2.04. The van der Waals surface area contributed by atoms with E-state index in [1.807, 2.05) is 54.6 Å². The molecule has 0 fully saturated rings. The molecule has 0 unspecified atom stereocenters. The summed E-state index contributed by atoms with van der Waals surface area (Å²) in [5.41, 5.74) is 4.85. The summed E-state index contributed by atoms with van der Waals surface area (Å²) in [7, 11) is 1.60. The highest BCUT2D eigenvalue weighted by molar-refractivity contribution is 5.99. The summed E-state index contributed by atoms with van der Waals surface area (Å²) in [4.78, 5) is 13.3. The van der Waals surface area contributed by atoms with Crippen molar-refractivity contribution in [1.82, 2.24) is 25.6 Å². The summed E-state index contributed by atoms with van der Waals surface area (Å²) in [5, 5.41) is 16.1. The van der Waals surface area contributed by atoms with Crippen molar-refractivity contribution in [2.24, 2.45) is 5.10 Å². The number of hydrogen-bond donors (Lipinski definition) is 1. The van der Waals surface area contributed by atoms with Crippen LogP contribution in [-0.2, 0) is 11.3 Å². The van der Waals surface area contributed by atoms with Crippen LogP contribution in [0.2, 0.25) is 0 Å². The number of benzene rings is 2. The molecule has 3 rings (SSSR count). The smallest absolute Gasteiger partial charge is 0.263 e. The molecular weight excluding hydrogens is 332 g/mol. The largest absolute Gasteiger partial charge is 0.497 e. The van der Waals surface area contributed by atoms with Gasteiger partial charge in [0.15, 0.2) is 0 Å². The molecule has 8 nitrogen and oxygen atoms in total. The number of nitrogens with zero attached hydrogens (tertiary/aromatic N) is 5. The molecule has 1 N–H and O–H groups in total. The lowest BCUT2D eigenvalue weighted by atomic mass is 10.1. The zero-order valence-electron chi connectivity index (χ0n) is 14.5. The number of hydrogen-bond acceptors (Lipinski definition) is 6. The van der Waals surface area contributed by atoms with E-state index in [9.17, 15) is 4.79 Å². The highest BCUT2D eigenvalue weighted by Gasteiger charge is 2.09. The Hall–Kier alpha value is -3.55. The number of carbonyl (C=O) groups excluding carboxylic acids is 1. The highest BCUT2D eigenvalue weighted by Crippen LogP contribution is 2.13. The monoisotopic (exact) mass is 350 g/mol. The van der Waals surface area contributed by atoms with Crippen LogP contribution in [0.4, 0.5) is 0 Å². The second-order valence-electron chi connectivity index (χ2n) is 5.47. The number of tetrazole rings is 1. The van der Waals surface area contributed by atoms with Gasteiger partial charge < -0.3 is 4.74 Å². The number of methoxy groups -OCH3 is 1. The van der Waals surface area contributed by atoms with Crippen molar-refractivity contribution in [2.75, 3.05) is 7.11 Å². The topological polar surface area (TPSA) is 94.3 Å². The van der Waals surface area contributed by atoms with Crippen molar-refractivity contribution in [2.45, 2.75) is 13.5 Å². The van der Waals surface area contributed by atoms with Crippen molar-refractivity contribution < 1.29 is 9.53 Å². The van der Waals surface area contributed by atoms with Crippen LogP contribution in [0.3, 0.4) is 0 Å². The van der Waals surface area contributed by atoms with E-state index in [0.29, 0.717) is 11.5 Å². The molecule has 0 spiro atoms. The zero-order valence-corrected chi connectivity index (χ0v) is 14.5. The third-order valence-corrected chi connectivity index (χ3v) is 3.61. The van der Waals surface area contributed by atoms with Crippen LogP contribution in [0.25, 0.3) is 11.4 Å². The molecule has 132 valence electrons. The summed E-state index contributed by atoms with van der Waals surface area (Å²) in [6.45, 7) is 1.73. The molecule has 0 saturated carbocycles. The van der Waals surface area contributed by atoms with Gasteiger partial charge in [-0.05, 0) is 24.3 Å². The van der Waals surface area contributed by atoms with Crippen molar-refractivity contribution in [3.05, 3.63) is 60.2 Å². The molecule has 1 amide bonds. The van der Waals surface area contributed by atoms with E-state index < -0.39 is 0 Å². The van der Waals surface area contributed by atoms with E-state index in [-0.39, 0.29) is 12.5 Å². The number of hydrazone groups is 1. The predicted molar refractivity (Wildman–Crippen MR) is 96.6 cm³/mol. The molecule has 1 aromatic heterocycles. The lowest BCUT2D eigenvalue weighted by molar-refractivity contribution is -0.122. The van der Waals surface area contributed by atoms with E-state index in [2.05, 4.69) is 25.9 Å². The first-order valence-electron chi connectivity index (χ1n) is 7.96. The Kier molecular flexibility index (Phi) is 5.33. The maximum absolute atomic E-state index is 12.0. The van der Waals surface area contributed by atoms with Gasteiger partial charge in [0.2, 0.25) is 5.82 Å². The Morgan fingerprint density at radius 3 is 2.77 bits per heavy atom. The second kappa shape index (κ2) is 8.02. The first-order chi connectivity index (χ1) is 12.7. The van der Waals surface area contributed by atoms with Crippen LogP contribution in [-0.4, -0.2) is 38.9 Å². The average molecular weight is 350 g/mol. The molecule has 26 heavy (non-hydrogen) atoms. The van der Waals surface area contributed by atoms with Crippen molar-refractivity contribution in [3.8, 4) is 17.1 Å². The van der Waals surface area contributed by atoms with Crippen LogP contribution >= 0.6 is 0 Å². The quantitative estimate of drug-likeness (QED) is 0.541. The van der Waals surface area contributed by atoms with E-state index in [1.165, 1.54) is 4.80 Å². The van der Waals surface area contributed by atoms with Gasteiger partial charge >= 0.3 is 0 Å². The standard InChI is InChI=1S/C18H18N6O2/c1-13(15-9-6-10-16(11-15)26-2)19-20-17(25)12-24-22-18(21-23-24)14-7-4-3-5-8-14/h3-11H,12H2,1-2H3,(H,20,25)/b19-13-. The van der Waals surface area contributed by atoms with Crippen LogP contribution < -0.4 is 10.2 Å². The molecule has 0 radical (unpaired) electrons. The van der Waals surface area contributed by atoms with Crippen LogP contribution in [0.15, 0.2) is 59.7 Å². The van der Waals surface area contributed by atoms with E-state index in [0.717, 1.165) is 16.9 Å². The Labute approximate surface area is 150 Å². The summed E-state index contributed by atoms with van der Waals surface area (Å²) in [6.07, 6.45) is 0. The van der Waals surface area contributed by atoms with Gasteiger partial charge in [0.05, 0.1) is 12.8 Å². The predicted octanol–water partition coefficient (Wildman–Crippen LogP) is 1.89. The fraction of sp³-hybridized carbons (Fsp3) is 0.167. The van der Waals surface area contributed by atoms with E-state index in [1.54, 1.807) is 14.0 Å². The zero-order chi connectivity index (χ0) is 18.4. The molecule has 3 aromatic rings. The molecule has 0 bridgehead atoms. The lowest BCUT2D eigenvalue weighted by Crippen LogP contribution is -2.25. The number of aromatic nitrogens is 4. The summed E-state index contributed by atoms with van der Waals surface area (Å²) in [5.74, 6) is 0.849. The maximum Gasteiger partial charge on any atom is 0.263 e. The minimum absolute atomic E-state index is 0.0747. The maximum atomic E-state index is 12.0. The molecule has 8 heteroatoms. The first-order valence-corrected chi connectivity index (χ1v) is 7.96. The molecular formula is C18H18N6O2. The minimum atomic E-state index is -0.343. The molecule has 0 aliphatic heterocycles. The van der Waals surface area contributed by atoms with Crippen molar-refractivity contribution >= 4 is 11.6 Å². The number of amides is 1. The molecule has 2 aromatic carbocycles.